The van der Waals surface area contributed by atoms with E-state index in [1.165, 1.54) is 18.2 Å². The molecule has 0 unspecified atom stereocenters. The second-order valence-electron chi connectivity index (χ2n) is 7.15. The average molecular weight is 513 g/mol. The number of carbonyl (C=O) groups is 4. The van der Waals surface area contributed by atoms with Crippen LogP contribution in [0.5, 0.6) is 0 Å². The highest BCUT2D eigenvalue weighted by Gasteiger charge is 2.37. The van der Waals surface area contributed by atoms with E-state index < -0.39 is 24.4 Å². The fourth-order valence-electron chi connectivity index (χ4n) is 3.26. The van der Waals surface area contributed by atoms with Gasteiger partial charge in [-0.2, -0.15) is 0 Å². The lowest BCUT2D eigenvalue weighted by Gasteiger charge is -2.14. The van der Waals surface area contributed by atoms with Crippen LogP contribution in [0.3, 0.4) is 0 Å². The van der Waals surface area contributed by atoms with E-state index in [9.17, 15) is 19.2 Å². The summed E-state index contributed by atoms with van der Waals surface area (Å²) in [5, 5.41) is 0.429. The van der Waals surface area contributed by atoms with E-state index >= 15 is 0 Å². The number of ether oxygens (including phenoxy) is 1. The van der Waals surface area contributed by atoms with Gasteiger partial charge in [0.1, 0.15) is 0 Å². The number of rotatable bonds is 5. The number of Topliss-reactive ketones (excluding diaryl/α,β-unsaturated/α-hetero) is 1. The summed E-state index contributed by atoms with van der Waals surface area (Å²) in [6.45, 7) is 1.37. The normalized spacial score (nSPS) is 12.7. The van der Waals surface area contributed by atoms with E-state index in [2.05, 4.69) is 15.9 Å². The first-order chi connectivity index (χ1) is 15.3. The molecule has 0 aliphatic carbocycles. The van der Waals surface area contributed by atoms with E-state index in [-0.39, 0.29) is 22.5 Å². The number of imide groups is 1. The molecule has 2 amide bonds. The molecular formula is C24H15BrClNO5. The first-order valence-corrected chi connectivity index (χ1v) is 10.7. The monoisotopic (exact) mass is 511 g/mol. The molecule has 1 aliphatic heterocycles. The Hall–Kier alpha value is -3.29. The van der Waals surface area contributed by atoms with Gasteiger partial charge in [0.15, 0.2) is 12.4 Å². The molecule has 32 heavy (non-hydrogen) atoms. The van der Waals surface area contributed by atoms with Crippen molar-refractivity contribution < 1.29 is 23.9 Å². The molecule has 6 nitrogen and oxygen atoms in total. The lowest BCUT2D eigenvalue weighted by Crippen LogP contribution is -2.29. The van der Waals surface area contributed by atoms with Crippen LogP contribution in [0.15, 0.2) is 65.1 Å². The Labute approximate surface area is 196 Å². The Morgan fingerprint density at radius 2 is 1.56 bits per heavy atom. The van der Waals surface area contributed by atoms with Crippen molar-refractivity contribution in [1.82, 2.24) is 0 Å². The van der Waals surface area contributed by atoms with Crippen LogP contribution in [-0.4, -0.2) is 30.2 Å². The van der Waals surface area contributed by atoms with Gasteiger partial charge in [-0.1, -0.05) is 45.7 Å². The van der Waals surface area contributed by atoms with Crippen LogP contribution in [0, 0.1) is 6.92 Å². The second kappa shape index (κ2) is 8.68. The Bertz CT molecular complexity index is 1290. The third-order valence-corrected chi connectivity index (χ3v) is 5.97. The number of ketones is 1. The Kier molecular flexibility index (Phi) is 5.95. The molecule has 0 saturated carbocycles. The lowest BCUT2D eigenvalue weighted by molar-refractivity contribution is 0.0474. The fourth-order valence-corrected chi connectivity index (χ4v) is 3.70. The molecule has 0 spiro atoms. The first-order valence-electron chi connectivity index (χ1n) is 9.51. The topological polar surface area (TPSA) is 80.8 Å². The lowest BCUT2D eigenvalue weighted by atomic mass is 10.1. The quantitative estimate of drug-likeness (QED) is 0.265. The number of carbonyl (C=O) groups excluding carboxylic acids is 4. The van der Waals surface area contributed by atoms with Crippen molar-refractivity contribution in [2.75, 3.05) is 11.5 Å². The molecule has 1 aliphatic rings. The van der Waals surface area contributed by atoms with Gasteiger partial charge in [-0.25, -0.2) is 9.69 Å². The van der Waals surface area contributed by atoms with Crippen molar-refractivity contribution in [3.63, 3.8) is 0 Å². The highest BCUT2D eigenvalue weighted by atomic mass is 79.9. The number of amides is 2. The molecule has 0 radical (unpaired) electrons. The molecule has 3 aromatic rings. The Morgan fingerprint density at radius 1 is 0.906 bits per heavy atom. The summed E-state index contributed by atoms with van der Waals surface area (Å²) in [5.41, 5.74) is 1.89. The van der Waals surface area contributed by atoms with Gasteiger partial charge in [0, 0.05) is 15.1 Å². The zero-order valence-electron chi connectivity index (χ0n) is 16.7. The molecule has 3 aromatic carbocycles. The molecule has 0 fully saturated rings. The summed E-state index contributed by atoms with van der Waals surface area (Å²) >= 11 is 9.43. The maximum atomic E-state index is 12.9. The molecule has 0 aromatic heterocycles. The van der Waals surface area contributed by atoms with Gasteiger partial charge in [-0.05, 0) is 55.0 Å². The molecule has 0 N–H and O–H groups in total. The van der Waals surface area contributed by atoms with Gasteiger partial charge in [0.25, 0.3) is 11.8 Å². The molecule has 4 rings (SSSR count). The van der Waals surface area contributed by atoms with Gasteiger partial charge in [-0.3, -0.25) is 14.4 Å². The highest BCUT2D eigenvalue weighted by Crippen LogP contribution is 2.31. The predicted octanol–water partition coefficient (Wildman–Crippen LogP) is 5.25. The maximum absolute atomic E-state index is 12.9. The van der Waals surface area contributed by atoms with Gasteiger partial charge in [0.05, 0.1) is 22.4 Å². The highest BCUT2D eigenvalue weighted by molar-refractivity contribution is 9.10. The van der Waals surface area contributed by atoms with Gasteiger partial charge < -0.3 is 4.74 Å². The standard InChI is InChI=1S/C24H15BrClNO5/c1-13-2-8-17(11-20(13)26)27-22(29)18-9-5-15(10-19(18)23(27)30)24(31)32-12-21(28)14-3-6-16(25)7-4-14/h2-11H,12H2,1H3. The Balaban J connectivity index is 1.51. The average Bonchev–Trinajstić information content (AvgIpc) is 3.04. The smallest absolute Gasteiger partial charge is 0.338 e. The van der Waals surface area contributed by atoms with Crippen LogP contribution in [0.25, 0.3) is 0 Å². The minimum atomic E-state index is -0.768. The predicted molar refractivity (Wildman–Crippen MR) is 123 cm³/mol. The second-order valence-corrected chi connectivity index (χ2v) is 8.47. The zero-order valence-corrected chi connectivity index (χ0v) is 19.1. The van der Waals surface area contributed by atoms with Crippen molar-refractivity contribution >= 4 is 56.8 Å². The zero-order chi connectivity index (χ0) is 23.0. The maximum Gasteiger partial charge on any atom is 0.338 e. The number of hydrogen-bond donors (Lipinski definition) is 0. The van der Waals surface area contributed by atoms with Crippen molar-refractivity contribution in [1.29, 1.82) is 0 Å². The van der Waals surface area contributed by atoms with E-state index in [0.717, 1.165) is 14.9 Å². The number of fused-ring (bicyclic) bond motifs is 1. The summed E-state index contributed by atoms with van der Waals surface area (Å²) in [6, 6.07) is 15.6. The molecule has 8 heteroatoms. The van der Waals surface area contributed by atoms with Crippen LogP contribution in [0.1, 0.15) is 47.0 Å². The van der Waals surface area contributed by atoms with Crippen molar-refractivity contribution in [3.8, 4) is 0 Å². The summed E-state index contributed by atoms with van der Waals surface area (Å²) in [4.78, 5) is 51.4. The summed E-state index contributed by atoms with van der Waals surface area (Å²) in [7, 11) is 0. The van der Waals surface area contributed by atoms with Crippen molar-refractivity contribution in [2.24, 2.45) is 0 Å². The number of aryl methyl sites for hydroxylation is 1. The third-order valence-electron chi connectivity index (χ3n) is 5.04. The van der Waals surface area contributed by atoms with Crippen LogP contribution >= 0.6 is 27.5 Å². The van der Waals surface area contributed by atoms with Gasteiger partial charge >= 0.3 is 5.97 Å². The number of halogens is 2. The van der Waals surface area contributed by atoms with Crippen LogP contribution in [-0.2, 0) is 4.74 Å². The minimum Gasteiger partial charge on any atom is -0.454 e. The molecular weight excluding hydrogens is 498 g/mol. The largest absolute Gasteiger partial charge is 0.454 e. The van der Waals surface area contributed by atoms with E-state index in [4.69, 9.17) is 16.3 Å². The summed E-state index contributed by atoms with van der Waals surface area (Å²) in [5.74, 6) is -2.20. The first kappa shape index (κ1) is 21.9. The van der Waals surface area contributed by atoms with Gasteiger partial charge in [-0.15, -0.1) is 0 Å². The van der Waals surface area contributed by atoms with Crippen LogP contribution in [0.2, 0.25) is 5.02 Å². The number of esters is 1. The number of benzene rings is 3. The SMILES string of the molecule is Cc1ccc(N2C(=O)c3ccc(C(=O)OCC(=O)c4ccc(Br)cc4)cc3C2=O)cc1Cl. The number of anilines is 1. The number of nitrogens with zero attached hydrogens (tertiary/aromatic N) is 1. The molecule has 160 valence electrons. The van der Waals surface area contributed by atoms with Crippen LogP contribution < -0.4 is 4.90 Å². The summed E-state index contributed by atoms with van der Waals surface area (Å²) in [6.07, 6.45) is 0. The fraction of sp³-hybridized carbons (Fsp3) is 0.0833. The van der Waals surface area contributed by atoms with E-state index in [1.807, 2.05) is 6.92 Å². The molecule has 1 heterocycles. The van der Waals surface area contributed by atoms with E-state index in [1.54, 1.807) is 42.5 Å². The third kappa shape index (κ3) is 4.09. The molecule has 0 saturated heterocycles. The van der Waals surface area contributed by atoms with Crippen LogP contribution in [0.4, 0.5) is 5.69 Å². The van der Waals surface area contributed by atoms with Crippen molar-refractivity contribution in [3.05, 3.63) is 98.0 Å². The minimum absolute atomic E-state index is 0.0669. The molecule has 0 atom stereocenters. The van der Waals surface area contributed by atoms with E-state index in [0.29, 0.717) is 16.3 Å². The molecule has 0 bridgehead atoms. The Morgan fingerprint density at radius 3 is 2.25 bits per heavy atom. The van der Waals surface area contributed by atoms with Crippen molar-refractivity contribution in [2.45, 2.75) is 6.92 Å². The number of hydrogen-bond acceptors (Lipinski definition) is 5. The summed E-state index contributed by atoms with van der Waals surface area (Å²) < 4.78 is 5.93. The van der Waals surface area contributed by atoms with Gasteiger partial charge in [0.2, 0.25) is 0 Å².